The van der Waals surface area contributed by atoms with Gasteiger partial charge in [0.05, 0.1) is 0 Å². The zero-order chi connectivity index (χ0) is 25.0. The summed E-state index contributed by atoms with van der Waals surface area (Å²) in [6, 6.07) is 6.74. The monoisotopic (exact) mass is 507 g/mol. The van der Waals surface area contributed by atoms with E-state index in [1.807, 2.05) is 11.0 Å². The molecule has 9 nitrogen and oxygen atoms in total. The molecule has 0 radical (unpaired) electrons. The molecule has 188 valence electrons. The van der Waals surface area contributed by atoms with Gasteiger partial charge in [-0.05, 0) is 84.7 Å². The second-order valence-electron chi connectivity index (χ2n) is 10.1. The van der Waals surface area contributed by atoms with Crippen molar-refractivity contribution in [1.82, 2.24) is 20.4 Å². The Bertz CT molecular complexity index is 1270. The number of imide groups is 1. The SMILES string of the molecule is CNC(=O)Nc1ccc2c(c1)CCC21NC(=O)N(CC(=O)N2Cc3ccsc3CC[C@H]2C2CC2)C1=O. The highest BCUT2D eigenvalue weighted by atomic mass is 32.1. The fourth-order valence-corrected chi connectivity index (χ4v) is 6.92. The fourth-order valence-electron chi connectivity index (χ4n) is 6.00. The van der Waals surface area contributed by atoms with E-state index >= 15 is 0 Å². The van der Waals surface area contributed by atoms with Crippen LogP contribution in [0, 0.1) is 5.92 Å². The second-order valence-corrected chi connectivity index (χ2v) is 11.1. The summed E-state index contributed by atoms with van der Waals surface area (Å²) in [6.07, 6.45) is 5.16. The summed E-state index contributed by atoms with van der Waals surface area (Å²) in [5, 5.41) is 10.2. The minimum Gasteiger partial charge on any atom is -0.341 e. The summed E-state index contributed by atoms with van der Waals surface area (Å²) in [4.78, 5) is 56.3. The van der Waals surface area contributed by atoms with Crippen LogP contribution in [0.15, 0.2) is 29.6 Å². The third-order valence-electron chi connectivity index (χ3n) is 8.02. The molecule has 2 aliphatic carbocycles. The Labute approximate surface area is 213 Å². The normalized spacial score (nSPS) is 24.9. The van der Waals surface area contributed by atoms with Crippen LogP contribution in [0.2, 0.25) is 0 Å². The maximum Gasteiger partial charge on any atom is 0.325 e. The van der Waals surface area contributed by atoms with E-state index in [9.17, 15) is 19.2 Å². The minimum atomic E-state index is -1.16. The second kappa shape index (κ2) is 8.62. The van der Waals surface area contributed by atoms with Gasteiger partial charge in [-0.25, -0.2) is 9.59 Å². The van der Waals surface area contributed by atoms with Crippen LogP contribution >= 0.6 is 11.3 Å². The standard InChI is InChI=1S/C26H29N5O4S/c1-27-24(34)28-18-4-5-19-16(12-18)8-10-26(19)23(33)31(25(35)29-26)14-22(32)30-13-17-9-11-36-21(17)7-6-20(30)15-2-3-15/h4-5,9,11-12,15,20H,2-3,6-8,10,13-14H2,1H3,(H,29,35)(H2,27,28,34)/t20-,26?/m0/s1. The average Bonchev–Trinajstić information content (AvgIpc) is 3.50. The number of rotatable bonds is 4. The zero-order valence-electron chi connectivity index (χ0n) is 20.1. The first-order chi connectivity index (χ1) is 17.4. The van der Waals surface area contributed by atoms with Crippen molar-refractivity contribution in [3.8, 4) is 0 Å². The summed E-state index contributed by atoms with van der Waals surface area (Å²) in [7, 11) is 1.54. The number of nitrogens with one attached hydrogen (secondary N) is 3. The zero-order valence-corrected chi connectivity index (χ0v) is 21.0. The van der Waals surface area contributed by atoms with E-state index in [4.69, 9.17) is 0 Å². The Kier molecular flexibility index (Phi) is 5.51. The molecule has 6 amide bonds. The number of amides is 6. The van der Waals surface area contributed by atoms with Crippen LogP contribution in [-0.4, -0.2) is 53.3 Å². The number of thiophene rings is 1. The molecular weight excluding hydrogens is 478 g/mol. The van der Waals surface area contributed by atoms with Gasteiger partial charge in [-0.3, -0.25) is 14.5 Å². The van der Waals surface area contributed by atoms with Crippen molar-refractivity contribution < 1.29 is 19.2 Å². The van der Waals surface area contributed by atoms with Crippen molar-refractivity contribution in [2.45, 2.75) is 56.7 Å². The number of benzene rings is 1. The minimum absolute atomic E-state index is 0.158. The Hall–Kier alpha value is -3.40. The summed E-state index contributed by atoms with van der Waals surface area (Å²) in [5.41, 5.74) is 2.27. The lowest BCUT2D eigenvalue weighted by Crippen LogP contribution is -2.48. The van der Waals surface area contributed by atoms with Gasteiger partial charge in [-0.1, -0.05) is 6.07 Å². The van der Waals surface area contributed by atoms with Gasteiger partial charge in [-0.2, -0.15) is 0 Å². The highest BCUT2D eigenvalue weighted by Crippen LogP contribution is 2.43. The summed E-state index contributed by atoms with van der Waals surface area (Å²) >= 11 is 1.74. The molecule has 2 fully saturated rings. The van der Waals surface area contributed by atoms with Gasteiger partial charge in [0.2, 0.25) is 5.91 Å². The molecule has 1 aromatic heterocycles. The van der Waals surface area contributed by atoms with Crippen LogP contribution in [-0.2, 0) is 34.5 Å². The van der Waals surface area contributed by atoms with Crippen LogP contribution in [0.25, 0.3) is 0 Å². The van der Waals surface area contributed by atoms with Crippen LogP contribution in [0.4, 0.5) is 15.3 Å². The number of nitrogens with zero attached hydrogens (tertiary/aromatic N) is 2. The largest absolute Gasteiger partial charge is 0.341 e. The Balaban J connectivity index is 1.22. The molecule has 1 aromatic carbocycles. The molecule has 1 saturated heterocycles. The first-order valence-electron chi connectivity index (χ1n) is 12.5. The number of hydrogen-bond donors (Lipinski definition) is 3. The van der Waals surface area contributed by atoms with Gasteiger partial charge in [0.1, 0.15) is 12.1 Å². The van der Waals surface area contributed by atoms with E-state index < -0.39 is 11.6 Å². The van der Waals surface area contributed by atoms with Gasteiger partial charge >= 0.3 is 12.1 Å². The lowest BCUT2D eigenvalue weighted by Gasteiger charge is -2.31. The lowest BCUT2D eigenvalue weighted by atomic mass is 9.91. The fraction of sp³-hybridized carbons (Fsp3) is 0.462. The van der Waals surface area contributed by atoms with Crippen LogP contribution in [0.5, 0.6) is 0 Å². The van der Waals surface area contributed by atoms with Crippen LogP contribution in [0.3, 0.4) is 0 Å². The third-order valence-corrected chi connectivity index (χ3v) is 9.04. The number of carbonyl (C=O) groups excluding carboxylic acids is 4. The van der Waals surface area contributed by atoms with E-state index in [0.717, 1.165) is 41.7 Å². The lowest BCUT2D eigenvalue weighted by molar-refractivity contribution is -0.141. The summed E-state index contributed by atoms with van der Waals surface area (Å²) in [5.74, 6) is -0.0350. The number of aryl methyl sites for hydroxylation is 2. The van der Waals surface area contributed by atoms with Crippen LogP contribution in [0.1, 0.15) is 47.3 Å². The molecule has 0 bridgehead atoms. The molecule has 2 aliphatic heterocycles. The van der Waals surface area contributed by atoms with Gasteiger partial charge < -0.3 is 20.9 Å². The molecule has 4 aliphatic rings. The topological polar surface area (TPSA) is 111 Å². The molecular formula is C26H29N5O4S. The molecule has 2 aromatic rings. The van der Waals surface area contributed by atoms with Gasteiger partial charge in [-0.15, -0.1) is 11.3 Å². The predicted octanol–water partition coefficient (Wildman–Crippen LogP) is 2.95. The Morgan fingerprint density at radius 1 is 1.14 bits per heavy atom. The highest BCUT2D eigenvalue weighted by molar-refractivity contribution is 7.10. The first-order valence-corrected chi connectivity index (χ1v) is 13.4. The van der Waals surface area contributed by atoms with Gasteiger partial charge in [0.15, 0.2) is 0 Å². The number of hydrogen-bond acceptors (Lipinski definition) is 5. The van der Waals surface area contributed by atoms with Gasteiger partial charge in [0, 0.05) is 30.2 Å². The molecule has 2 atom stereocenters. The third kappa shape index (κ3) is 3.75. The quantitative estimate of drug-likeness (QED) is 0.553. The number of carbonyl (C=O) groups is 4. The summed E-state index contributed by atoms with van der Waals surface area (Å²) < 4.78 is 0. The van der Waals surface area contributed by atoms with E-state index in [1.165, 1.54) is 17.5 Å². The van der Waals surface area contributed by atoms with Gasteiger partial charge in [0.25, 0.3) is 5.91 Å². The number of fused-ring (bicyclic) bond motifs is 3. The van der Waals surface area contributed by atoms with Crippen molar-refractivity contribution >= 4 is 40.9 Å². The molecule has 1 unspecified atom stereocenters. The molecule has 3 heterocycles. The Morgan fingerprint density at radius 2 is 1.97 bits per heavy atom. The Morgan fingerprint density at radius 3 is 2.75 bits per heavy atom. The van der Waals surface area contributed by atoms with Crippen molar-refractivity contribution in [2.24, 2.45) is 5.92 Å². The van der Waals surface area contributed by atoms with E-state index in [1.54, 1.807) is 23.5 Å². The highest BCUT2D eigenvalue weighted by Gasteiger charge is 2.56. The van der Waals surface area contributed by atoms with Crippen molar-refractivity contribution in [3.63, 3.8) is 0 Å². The molecule has 1 saturated carbocycles. The molecule has 1 spiro atoms. The number of anilines is 1. The van der Waals surface area contributed by atoms with E-state index in [0.29, 0.717) is 31.0 Å². The molecule has 36 heavy (non-hydrogen) atoms. The van der Waals surface area contributed by atoms with Crippen molar-refractivity contribution in [2.75, 3.05) is 18.9 Å². The molecule has 3 N–H and O–H groups in total. The maximum atomic E-state index is 13.7. The molecule has 6 rings (SSSR count). The van der Waals surface area contributed by atoms with Crippen LogP contribution < -0.4 is 16.0 Å². The van der Waals surface area contributed by atoms with E-state index in [2.05, 4.69) is 27.4 Å². The average molecular weight is 508 g/mol. The maximum absolute atomic E-state index is 13.7. The first kappa shape index (κ1) is 23.0. The molecule has 10 heteroatoms. The predicted molar refractivity (Wildman–Crippen MR) is 134 cm³/mol. The van der Waals surface area contributed by atoms with Crippen molar-refractivity contribution in [3.05, 3.63) is 51.2 Å². The summed E-state index contributed by atoms with van der Waals surface area (Å²) in [6.45, 7) is 0.290. The smallest absolute Gasteiger partial charge is 0.325 e. The van der Waals surface area contributed by atoms with Crippen molar-refractivity contribution in [1.29, 1.82) is 0 Å². The number of urea groups is 2. The van der Waals surface area contributed by atoms with E-state index in [-0.39, 0.29) is 30.4 Å².